The number of benzene rings is 1. The van der Waals surface area contributed by atoms with Crippen LogP contribution in [0, 0.1) is 25.7 Å². The number of ether oxygens (including phenoxy) is 3. The molecular weight excluding hydrogens is 252 g/mol. The highest BCUT2D eigenvalue weighted by Crippen LogP contribution is 2.07. The van der Waals surface area contributed by atoms with Gasteiger partial charge in [-0.25, -0.2) is 0 Å². The summed E-state index contributed by atoms with van der Waals surface area (Å²) in [5.74, 6) is 6.12. The maximum atomic E-state index is 5.46. The average molecular weight is 276 g/mol. The smallest absolute Gasteiger partial charge is 0.180 e. The van der Waals surface area contributed by atoms with Crippen molar-refractivity contribution in [3.8, 4) is 11.8 Å². The Bertz CT molecular complexity index is 431. The van der Waals surface area contributed by atoms with Crippen molar-refractivity contribution in [2.75, 3.05) is 26.4 Å². The van der Waals surface area contributed by atoms with Gasteiger partial charge in [-0.15, -0.1) is 0 Å². The van der Waals surface area contributed by atoms with Crippen LogP contribution in [-0.2, 0) is 14.2 Å². The van der Waals surface area contributed by atoms with E-state index in [2.05, 4.69) is 43.9 Å². The molecule has 0 N–H and O–H groups in total. The molecule has 0 spiro atoms. The molecule has 0 aromatic heterocycles. The van der Waals surface area contributed by atoms with Gasteiger partial charge in [0, 0.05) is 18.8 Å². The molecule has 1 aromatic rings. The van der Waals surface area contributed by atoms with E-state index in [-0.39, 0.29) is 6.29 Å². The van der Waals surface area contributed by atoms with E-state index in [0.717, 1.165) is 5.56 Å². The van der Waals surface area contributed by atoms with Crippen LogP contribution < -0.4 is 0 Å². The van der Waals surface area contributed by atoms with Gasteiger partial charge in [0.05, 0.1) is 6.61 Å². The Labute approximate surface area is 122 Å². The summed E-state index contributed by atoms with van der Waals surface area (Å²) in [7, 11) is 0. The first-order valence-electron chi connectivity index (χ1n) is 7.03. The minimum absolute atomic E-state index is 0.298. The summed E-state index contributed by atoms with van der Waals surface area (Å²) in [6.45, 7) is 10.0. The lowest BCUT2D eigenvalue weighted by Crippen LogP contribution is -2.23. The van der Waals surface area contributed by atoms with E-state index in [4.69, 9.17) is 14.2 Å². The van der Waals surface area contributed by atoms with Gasteiger partial charge in [0.15, 0.2) is 6.29 Å². The minimum Gasteiger partial charge on any atom is -0.363 e. The van der Waals surface area contributed by atoms with Gasteiger partial charge in [-0.3, -0.25) is 0 Å². The van der Waals surface area contributed by atoms with Crippen LogP contribution in [0.2, 0.25) is 0 Å². The van der Waals surface area contributed by atoms with E-state index in [1.165, 1.54) is 11.1 Å². The van der Waals surface area contributed by atoms with Gasteiger partial charge in [-0.05, 0) is 51.0 Å². The monoisotopic (exact) mass is 276 g/mol. The normalized spacial score (nSPS) is 10.4. The van der Waals surface area contributed by atoms with Gasteiger partial charge in [0.25, 0.3) is 0 Å². The molecule has 1 aromatic carbocycles. The van der Waals surface area contributed by atoms with Crippen molar-refractivity contribution in [3.05, 3.63) is 34.9 Å². The van der Waals surface area contributed by atoms with E-state index in [9.17, 15) is 0 Å². The molecule has 0 unspecified atom stereocenters. The summed E-state index contributed by atoms with van der Waals surface area (Å²) < 4.78 is 16.2. The van der Waals surface area contributed by atoms with Gasteiger partial charge >= 0.3 is 0 Å². The second kappa shape index (κ2) is 9.55. The zero-order valence-corrected chi connectivity index (χ0v) is 12.9. The number of rotatable bonds is 7. The van der Waals surface area contributed by atoms with Crippen molar-refractivity contribution in [2.24, 2.45) is 0 Å². The molecule has 0 bridgehead atoms. The highest BCUT2D eigenvalue weighted by atomic mass is 16.7. The standard InChI is InChI=1S/C17H24O3/c1-5-19-17(20-6-2)13-18-9-7-8-16-11-14(3)10-15(4)12-16/h10-12,17H,5-6,9,13H2,1-4H3. The first kappa shape index (κ1) is 16.7. The predicted octanol–water partition coefficient (Wildman–Crippen LogP) is 3.07. The summed E-state index contributed by atoms with van der Waals surface area (Å²) in [5, 5.41) is 0. The van der Waals surface area contributed by atoms with E-state index >= 15 is 0 Å². The largest absolute Gasteiger partial charge is 0.363 e. The van der Waals surface area contributed by atoms with Crippen LogP contribution >= 0.6 is 0 Å². The van der Waals surface area contributed by atoms with Crippen LogP contribution in [0.4, 0.5) is 0 Å². The SMILES string of the molecule is CCOC(COCC#Cc1cc(C)cc(C)c1)OCC. The Morgan fingerprint density at radius 2 is 1.60 bits per heavy atom. The first-order valence-corrected chi connectivity index (χ1v) is 7.03. The van der Waals surface area contributed by atoms with Crippen molar-refractivity contribution in [3.63, 3.8) is 0 Å². The van der Waals surface area contributed by atoms with Crippen molar-refractivity contribution in [2.45, 2.75) is 34.0 Å². The zero-order chi connectivity index (χ0) is 14.8. The van der Waals surface area contributed by atoms with Gasteiger partial charge in [0.2, 0.25) is 0 Å². The van der Waals surface area contributed by atoms with Crippen LogP contribution in [-0.4, -0.2) is 32.7 Å². The van der Waals surface area contributed by atoms with Gasteiger partial charge < -0.3 is 14.2 Å². The Balaban J connectivity index is 2.38. The third-order valence-corrected chi connectivity index (χ3v) is 2.59. The Morgan fingerprint density at radius 1 is 1.00 bits per heavy atom. The zero-order valence-electron chi connectivity index (χ0n) is 12.9. The quantitative estimate of drug-likeness (QED) is 0.435. The second-order valence-corrected chi connectivity index (χ2v) is 4.53. The van der Waals surface area contributed by atoms with Crippen LogP contribution in [0.3, 0.4) is 0 Å². The molecule has 0 amide bonds. The fourth-order valence-electron chi connectivity index (χ4n) is 1.91. The van der Waals surface area contributed by atoms with Crippen LogP contribution in [0.25, 0.3) is 0 Å². The molecule has 110 valence electrons. The molecule has 0 atom stereocenters. The van der Waals surface area contributed by atoms with Crippen molar-refractivity contribution in [1.29, 1.82) is 0 Å². The molecule has 20 heavy (non-hydrogen) atoms. The number of hydrogen-bond donors (Lipinski definition) is 0. The molecule has 0 aliphatic carbocycles. The van der Waals surface area contributed by atoms with E-state index < -0.39 is 0 Å². The van der Waals surface area contributed by atoms with E-state index in [1.807, 2.05) is 13.8 Å². The van der Waals surface area contributed by atoms with E-state index in [1.54, 1.807) is 0 Å². The molecule has 0 aliphatic rings. The highest BCUT2D eigenvalue weighted by molar-refractivity contribution is 5.39. The molecule has 0 saturated heterocycles. The lowest BCUT2D eigenvalue weighted by Gasteiger charge is -2.15. The third kappa shape index (κ3) is 6.72. The van der Waals surface area contributed by atoms with E-state index in [0.29, 0.717) is 26.4 Å². The summed E-state index contributed by atoms with van der Waals surface area (Å²) in [4.78, 5) is 0. The Kier molecular flexibility index (Phi) is 7.98. The molecule has 3 nitrogen and oxygen atoms in total. The Hall–Kier alpha value is -1.34. The fourth-order valence-corrected chi connectivity index (χ4v) is 1.91. The van der Waals surface area contributed by atoms with Gasteiger partial charge in [-0.2, -0.15) is 0 Å². The van der Waals surface area contributed by atoms with Crippen molar-refractivity contribution < 1.29 is 14.2 Å². The maximum Gasteiger partial charge on any atom is 0.180 e. The number of aryl methyl sites for hydroxylation is 2. The topological polar surface area (TPSA) is 27.7 Å². The summed E-state index contributed by atoms with van der Waals surface area (Å²) in [6.07, 6.45) is -0.298. The minimum atomic E-state index is -0.298. The summed E-state index contributed by atoms with van der Waals surface area (Å²) in [5.41, 5.74) is 3.48. The summed E-state index contributed by atoms with van der Waals surface area (Å²) >= 11 is 0. The lowest BCUT2D eigenvalue weighted by atomic mass is 10.1. The highest BCUT2D eigenvalue weighted by Gasteiger charge is 2.06. The van der Waals surface area contributed by atoms with Crippen molar-refractivity contribution >= 4 is 0 Å². The van der Waals surface area contributed by atoms with Crippen LogP contribution in [0.15, 0.2) is 18.2 Å². The molecule has 0 heterocycles. The fraction of sp³-hybridized carbons (Fsp3) is 0.529. The molecular formula is C17H24O3. The second-order valence-electron chi connectivity index (χ2n) is 4.53. The van der Waals surface area contributed by atoms with Gasteiger partial charge in [-0.1, -0.05) is 17.9 Å². The van der Waals surface area contributed by atoms with Crippen LogP contribution in [0.1, 0.15) is 30.5 Å². The first-order chi connectivity index (χ1) is 9.65. The predicted molar refractivity (Wildman–Crippen MR) is 80.7 cm³/mol. The van der Waals surface area contributed by atoms with Crippen LogP contribution in [0.5, 0.6) is 0 Å². The summed E-state index contributed by atoms with van der Waals surface area (Å²) in [6, 6.07) is 6.28. The number of hydrogen-bond acceptors (Lipinski definition) is 3. The average Bonchev–Trinajstić information content (AvgIpc) is 2.37. The molecule has 0 fully saturated rings. The van der Waals surface area contributed by atoms with Gasteiger partial charge in [0.1, 0.15) is 6.61 Å². The molecule has 3 heteroatoms. The lowest BCUT2D eigenvalue weighted by molar-refractivity contribution is -0.164. The molecule has 0 saturated carbocycles. The molecule has 0 aliphatic heterocycles. The maximum absolute atomic E-state index is 5.46. The third-order valence-electron chi connectivity index (χ3n) is 2.59. The van der Waals surface area contributed by atoms with Crippen molar-refractivity contribution in [1.82, 2.24) is 0 Å². The molecule has 0 radical (unpaired) electrons. The molecule has 1 rings (SSSR count). The Morgan fingerprint density at radius 3 is 2.15 bits per heavy atom.